The molecule has 4 rings (SSSR count). The first kappa shape index (κ1) is 20.9. The molecule has 0 unspecified atom stereocenters. The van der Waals surface area contributed by atoms with Crippen molar-refractivity contribution in [2.24, 2.45) is 0 Å². The molecule has 3 aromatic carbocycles. The van der Waals surface area contributed by atoms with Crippen LogP contribution < -0.4 is 10.2 Å². The number of carbonyl (C=O) groups is 1. The first-order valence-electron chi connectivity index (χ1n) is 10.1. The number of carbonyl (C=O) groups excluding carboxylic acids is 1. The fraction of sp³-hybridized carbons (Fsp3) is 0.208. The lowest BCUT2D eigenvalue weighted by molar-refractivity contribution is -0.929. The highest BCUT2D eigenvalue weighted by Crippen LogP contribution is 2.26. The third-order valence-corrected chi connectivity index (χ3v) is 6.35. The number of piperazine rings is 1. The number of nitrogens with zero attached hydrogens (tertiary/aromatic N) is 1. The molecule has 1 fully saturated rings. The van der Waals surface area contributed by atoms with E-state index < -0.39 is 0 Å². The van der Waals surface area contributed by atoms with E-state index in [4.69, 9.17) is 11.6 Å². The Morgan fingerprint density at radius 1 is 0.933 bits per heavy atom. The number of quaternary nitrogens is 1. The summed E-state index contributed by atoms with van der Waals surface area (Å²) in [6.07, 6.45) is 0. The summed E-state index contributed by atoms with van der Waals surface area (Å²) in [6, 6.07) is 26.9. The predicted molar refractivity (Wildman–Crippen MR) is 125 cm³/mol. The Labute approximate surface area is 190 Å². The highest BCUT2D eigenvalue weighted by Gasteiger charge is 2.31. The molecule has 2 amide bonds. The van der Waals surface area contributed by atoms with Gasteiger partial charge in [-0.15, -0.1) is 0 Å². The number of anilines is 1. The monoisotopic (exact) mass is 484 g/mol. The molecule has 0 radical (unpaired) electrons. The van der Waals surface area contributed by atoms with Gasteiger partial charge >= 0.3 is 6.03 Å². The van der Waals surface area contributed by atoms with E-state index in [9.17, 15) is 4.79 Å². The first-order valence-corrected chi connectivity index (χ1v) is 11.2. The molecule has 0 atom stereocenters. The van der Waals surface area contributed by atoms with Gasteiger partial charge in [-0.05, 0) is 18.2 Å². The molecule has 1 saturated heterocycles. The molecule has 4 nitrogen and oxygen atoms in total. The fourth-order valence-electron chi connectivity index (χ4n) is 4.03. The van der Waals surface area contributed by atoms with Gasteiger partial charge in [0.15, 0.2) is 0 Å². The number of hydrogen-bond donors (Lipinski definition) is 2. The Morgan fingerprint density at radius 2 is 1.50 bits per heavy atom. The molecular formula is C24H24BrClN3O+. The largest absolute Gasteiger partial charge is 0.322 e. The molecule has 0 spiro atoms. The Balaban J connectivity index is 1.45. The first-order chi connectivity index (χ1) is 14.6. The summed E-state index contributed by atoms with van der Waals surface area (Å²) in [7, 11) is 0. The van der Waals surface area contributed by atoms with Crippen molar-refractivity contribution >= 4 is 39.2 Å². The summed E-state index contributed by atoms with van der Waals surface area (Å²) in [5.74, 6) is 0. The van der Waals surface area contributed by atoms with E-state index in [2.05, 4.69) is 81.9 Å². The van der Waals surface area contributed by atoms with Gasteiger partial charge in [0.05, 0.1) is 36.9 Å². The van der Waals surface area contributed by atoms with Crippen molar-refractivity contribution in [3.8, 4) is 0 Å². The zero-order valence-electron chi connectivity index (χ0n) is 16.5. The molecule has 30 heavy (non-hydrogen) atoms. The van der Waals surface area contributed by atoms with E-state index in [1.54, 1.807) is 6.07 Å². The van der Waals surface area contributed by atoms with E-state index in [0.717, 1.165) is 17.6 Å². The van der Waals surface area contributed by atoms with Gasteiger partial charge in [-0.25, -0.2) is 4.79 Å². The van der Waals surface area contributed by atoms with Crippen LogP contribution in [0.5, 0.6) is 0 Å². The molecule has 2 N–H and O–H groups in total. The number of amides is 2. The van der Waals surface area contributed by atoms with Gasteiger partial charge in [-0.3, -0.25) is 0 Å². The molecule has 6 heteroatoms. The summed E-state index contributed by atoms with van der Waals surface area (Å²) in [5.41, 5.74) is 3.24. The average Bonchev–Trinajstić information content (AvgIpc) is 2.78. The summed E-state index contributed by atoms with van der Waals surface area (Å²) in [4.78, 5) is 16.1. The van der Waals surface area contributed by atoms with Crippen molar-refractivity contribution in [2.75, 3.05) is 31.5 Å². The second-order valence-corrected chi connectivity index (χ2v) is 8.78. The van der Waals surface area contributed by atoms with Crippen LogP contribution in [0.2, 0.25) is 5.02 Å². The minimum absolute atomic E-state index is 0.103. The topological polar surface area (TPSA) is 36.8 Å². The Bertz CT molecular complexity index is 952. The summed E-state index contributed by atoms with van der Waals surface area (Å²) in [5, 5.41) is 3.46. The van der Waals surface area contributed by atoms with E-state index in [1.807, 2.05) is 17.0 Å². The Kier molecular flexibility index (Phi) is 6.72. The van der Waals surface area contributed by atoms with Gasteiger partial charge in [0.25, 0.3) is 0 Å². The smallest absolute Gasteiger partial charge is 0.322 e. The van der Waals surface area contributed by atoms with Crippen LogP contribution in [0.3, 0.4) is 0 Å². The second-order valence-electron chi connectivity index (χ2n) is 7.45. The number of rotatable bonds is 4. The van der Waals surface area contributed by atoms with Crippen LogP contribution in [0.15, 0.2) is 83.3 Å². The molecule has 0 aromatic heterocycles. The van der Waals surface area contributed by atoms with E-state index in [0.29, 0.717) is 23.8 Å². The van der Waals surface area contributed by atoms with Crippen LogP contribution >= 0.6 is 27.5 Å². The lowest BCUT2D eigenvalue weighted by Gasteiger charge is -2.37. The SMILES string of the molecule is O=C(Nc1ccc(Br)cc1Cl)N1CC[NH+](C(c2ccccc2)c2ccccc2)CC1. The average molecular weight is 486 g/mol. The summed E-state index contributed by atoms with van der Waals surface area (Å²) < 4.78 is 0.885. The molecule has 0 saturated carbocycles. The minimum atomic E-state index is -0.103. The molecule has 0 aliphatic carbocycles. The maximum Gasteiger partial charge on any atom is 0.322 e. The standard InChI is InChI=1S/C24H23BrClN3O/c25-20-11-12-22(21(26)17-20)27-24(30)29-15-13-28(14-16-29)23(18-7-3-1-4-8-18)19-9-5-2-6-10-19/h1-12,17,23H,13-16H2,(H,27,30)/p+1. The van der Waals surface area contributed by atoms with Crippen molar-refractivity contribution in [1.29, 1.82) is 0 Å². The van der Waals surface area contributed by atoms with Crippen molar-refractivity contribution in [2.45, 2.75) is 6.04 Å². The highest BCUT2D eigenvalue weighted by atomic mass is 79.9. The van der Waals surface area contributed by atoms with Crippen LogP contribution in [0.4, 0.5) is 10.5 Å². The lowest BCUT2D eigenvalue weighted by Crippen LogP contribution is -3.15. The molecule has 1 aliphatic heterocycles. The van der Waals surface area contributed by atoms with Crippen LogP contribution in [0.1, 0.15) is 17.2 Å². The van der Waals surface area contributed by atoms with E-state index in [-0.39, 0.29) is 12.1 Å². The third kappa shape index (κ3) is 4.86. The zero-order valence-corrected chi connectivity index (χ0v) is 18.9. The molecular weight excluding hydrogens is 462 g/mol. The van der Waals surface area contributed by atoms with Crippen LogP contribution in [-0.4, -0.2) is 37.1 Å². The molecule has 1 aliphatic rings. The molecule has 154 valence electrons. The van der Waals surface area contributed by atoms with Crippen molar-refractivity contribution in [3.05, 3.63) is 99.5 Å². The van der Waals surface area contributed by atoms with Crippen molar-refractivity contribution < 1.29 is 9.69 Å². The molecule has 1 heterocycles. The van der Waals surface area contributed by atoms with Crippen LogP contribution in [0, 0.1) is 0 Å². The Morgan fingerprint density at radius 3 is 2.03 bits per heavy atom. The zero-order chi connectivity index (χ0) is 20.9. The Hall–Kier alpha value is -2.34. The third-order valence-electron chi connectivity index (χ3n) is 5.54. The predicted octanol–water partition coefficient (Wildman–Crippen LogP) is 4.62. The van der Waals surface area contributed by atoms with E-state index >= 15 is 0 Å². The number of hydrogen-bond acceptors (Lipinski definition) is 1. The molecule has 0 bridgehead atoms. The van der Waals surface area contributed by atoms with Crippen molar-refractivity contribution in [1.82, 2.24) is 4.90 Å². The number of nitrogens with one attached hydrogen (secondary N) is 2. The normalized spacial score (nSPS) is 14.7. The maximum atomic E-state index is 12.8. The van der Waals surface area contributed by atoms with Crippen molar-refractivity contribution in [3.63, 3.8) is 0 Å². The van der Waals surface area contributed by atoms with Gasteiger partial charge in [-0.2, -0.15) is 0 Å². The van der Waals surface area contributed by atoms with Gasteiger partial charge in [-0.1, -0.05) is 88.2 Å². The van der Waals surface area contributed by atoms with Gasteiger partial charge < -0.3 is 15.1 Å². The quantitative estimate of drug-likeness (QED) is 0.556. The van der Waals surface area contributed by atoms with Crippen LogP contribution in [-0.2, 0) is 0 Å². The summed E-state index contributed by atoms with van der Waals surface area (Å²) in [6.45, 7) is 3.17. The highest BCUT2D eigenvalue weighted by molar-refractivity contribution is 9.10. The minimum Gasteiger partial charge on any atom is -0.322 e. The number of urea groups is 1. The molecule has 3 aromatic rings. The maximum absolute atomic E-state index is 12.8. The number of benzene rings is 3. The summed E-state index contributed by atoms with van der Waals surface area (Å²) >= 11 is 9.63. The van der Waals surface area contributed by atoms with E-state index in [1.165, 1.54) is 16.0 Å². The van der Waals surface area contributed by atoms with Gasteiger partial charge in [0.1, 0.15) is 6.04 Å². The number of halogens is 2. The van der Waals surface area contributed by atoms with Gasteiger partial charge in [0, 0.05) is 15.6 Å². The van der Waals surface area contributed by atoms with Gasteiger partial charge in [0.2, 0.25) is 0 Å². The lowest BCUT2D eigenvalue weighted by atomic mass is 9.96. The fourth-order valence-corrected chi connectivity index (χ4v) is 4.75. The van der Waals surface area contributed by atoms with Crippen LogP contribution in [0.25, 0.3) is 0 Å². The second kappa shape index (κ2) is 9.65.